The van der Waals surface area contributed by atoms with Crippen LogP contribution in [-0.2, 0) is 8.03 Å². The van der Waals surface area contributed by atoms with Gasteiger partial charge in [0.1, 0.15) is 3.23 Å². The lowest BCUT2D eigenvalue weighted by Crippen LogP contribution is -2.19. The summed E-state index contributed by atoms with van der Waals surface area (Å²) in [5.41, 5.74) is 0.784. The normalized spacial score (nSPS) is 11.1. The smallest absolute Gasteiger partial charge is 0.333 e. The van der Waals surface area contributed by atoms with Crippen molar-refractivity contribution in [2.24, 2.45) is 0 Å². The lowest BCUT2D eigenvalue weighted by atomic mass is 10.1. The maximum atomic E-state index is 10.9. The largest absolute Gasteiger partial charge is 0.478 e. The van der Waals surface area contributed by atoms with Crippen molar-refractivity contribution in [3.8, 4) is 0 Å². The molecule has 0 aliphatic rings. The van der Waals surface area contributed by atoms with Gasteiger partial charge in [-0.15, -0.1) is 0 Å². The molecule has 0 amide bonds. The van der Waals surface area contributed by atoms with E-state index in [1.165, 1.54) is 0 Å². The highest BCUT2D eigenvalue weighted by molar-refractivity contribution is 9.25. The molecule has 5 heteroatoms. The number of hydrogen-bond acceptors (Lipinski definition) is 1. The first-order valence-electron chi connectivity index (χ1n) is 3.93. The maximum absolute atomic E-state index is 10.9. The zero-order chi connectivity index (χ0) is 11.6. The molecule has 1 aromatic carbocycles. The summed E-state index contributed by atoms with van der Waals surface area (Å²) < 4.78 is -0.146. The summed E-state index contributed by atoms with van der Waals surface area (Å²) >= 11 is 9.98. The number of carbonyl (C=O) groups is 1. The molecule has 80 valence electrons. The van der Waals surface area contributed by atoms with Crippen LogP contribution in [0.3, 0.4) is 0 Å². The highest BCUT2D eigenvalue weighted by Crippen LogP contribution is 2.46. The number of carboxylic acids is 1. The van der Waals surface area contributed by atoms with Gasteiger partial charge in [0.25, 0.3) is 0 Å². The molecule has 15 heavy (non-hydrogen) atoms. The van der Waals surface area contributed by atoms with Crippen LogP contribution in [0.1, 0.15) is 5.56 Å². The van der Waals surface area contributed by atoms with Crippen molar-refractivity contribution in [2.75, 3.05) is 0 Å². The third kappa shape index (κ3) is 2.71. The molecule has 0 saturated heterocycles. The molecule has 0 spiro atoms. The van der Waals surface area contributed by atoms with Gasteiger partial charge >= 0.3 is 5.97 Å². The third-order valence-electron chi connectivity index (χ3n) is 1.85. The number of hydrogen-bond donors (Lipinski definition) is 1. The van der Waals surface area contributed by atoms with Crippen molar-refractivity contribution in [3.63, 3.8) is 0 Å². The topological polar surface area (TPSA) is 37.3 Å². The van der Waals surface area contributed by atoms with Crippen LogP contribution < -0.4 is 0 Å². The fourth-order valence-electron chi connectivity index (χ4n) is 1.01. The minimum atomic E-state index is -1.06. The van der Waals surface area contributed by atoms with Gasteiger partial charge in [0.05, 0.1) is 5.57 Å². The predicted octanol–water partition coefficient (Wildman–Crippen LogP) is 4.03. The first-order chi connectivity index (χ1) is 6.87. The molecule has 0 saturated carbocycles. The average Bonchev–Trinajstić information content (AvgIpc) is 2.16. The van der Waals surface area contributed by atoms with E-state index in [2.05, 4.69) is 54.4 Å². The number of benzene rings is 1. The van der Waals surface area contributed by atoms with Crippen molar-refractivity contribution in [3.05, 3.63) is 46.5 Å². The highest BCUT2D eigenvalue weighted by Gasteiger charge is 2.34. The number of alkyl halides is 2. The number of halogens is 3. The third-order valence-corrected chi connectivity index (χ3v) is 4.35. The Morgan fingerprint density at radius 3 is 2.33 bits per heavy atom. The summed E-state index contributed by atoms with van der Waals surface area (Å²) in [5.74, 6) is -1.06. The van der Waals surface area contributed by atoms with E-state index in [1.807, 2.05) is 24.3 Å². The Morgan fingerprint density at radius 2 is 1.87 bits per heavy atom. The van der Waals surface area contributed by atoms with E-state index in [4.69, 9.17) is 5.11 Å². The molecule has 1 rings (SSSR count). The Morgan fingerprint density at radius 1 is 1.33 bits per heavy atom. The first-order valence-corrected chi connectivity index (χ1v) is 6.30. The van der Waals surface area contributed by atoms with Gasteiger partial charge in [0.15, 0.2) is 0 Å². The van der Waals surface area contributed by atoms with E-state index in [0.29, 0.717) is 0 Å². The molecule has 1 aromatic rings. The van der Waals surface area contributed by atoms with Crippen LogP contribution in [0, 0.1) is 0 Å². The van der Waals surface area contributed by atoms with E-state index in [0.717, 1.165) is 10.0 Å². The molecule has 0 heterocycles. The standard InChI is InChI=1S/C10H7Br3O2/c1-6(9(14)15)10(12,13)7-4-2-3-5-8(7)11/h2-5H,1H2,(H,14,15). The van der Waals surface area contributed by atoms with Gasteiger partial charge in [-0.05, 0) is 11.6 Å². The zero-order valence-electron chi connectivity index (χ0n) is 7.51. The van der Waals surface area contributed by atoms with Crippen LogP contribution in [0.5, 0.6) is 0 Å². The van der Waals surface area contributed by atoms with E-state index >= 15 is 0 Å². The van der Waals surface area contributed by atoms with Crippen LogP contribution in [0.15, 0.2) is 40.9 Å². The summed E-state index contributed by atoms with van der Waals surface area (Å²) in [5, 5.41) is 8.89. The second-order valence-corrected chi connectivity index (χ2v) is 7.14. The monoisotopic (exact) mass is 396 g/mol. The zero-order valence-corrected chi connectivity index (χ0v) is 12.3. The summed E-state index contributed by atoms with van der Waals surface area (Å²) in [6.07, 6.45) is 0. The minimum absolute atomic E-state index is 0.0226. The Balaban J connectivity index is 3.22. The van der Waals surface area contributed by atoms with Crippen molar-refractivity contribution >= 4 is 53.8 Å². The Labute approximate surface area is 113 Å². The molecule has 0 aliphatic heterocycles. The highest BCUT2D eigenvalue weighted by atomic mass is 79.9. The summed E-state index contributed by atoms with van der Waals surface area (Å²) in [6.45, 7) is 3.53. The molecule has 0 unspecified atom stereocenters. The van der Waals surface area contributed by atoms with Gasteiger partial charge in [-0.2, -0.15) is 0 Å². The van der Waals surface area contributed by atoms with Gasteiger partial charge in [-0.3, -0.25) is 0 Å². The fourth-order valence-corrected chi connectivity index (χ4v) is 3.16. The average molecular weight is 399 g/mol. The Bertz CT molecular complexity index is 413. The molecule has 0 fully saturated rings. The quantitative estimate of drug-likeness (QED) is 0.616. The van der Waals surface area contributed by atoms with Crippen LogP contribution in [0.4, 0.5) is 0 Å². The fraction of sp³-hybridized carbons (Fsp3) is 0.100. The van der Waals surface area contributed by atoms with Gasteiger partial charge in [0, 0.05) is 4.47 Å². The lowest BCUT2D eigenvalue weighted by molar-refractivity contribution is -0.132. The SMILES string of the molecule is C=C(C(=O)O)C(Br)(Br)c1ccccc1Br. The predicted molar refractivity (Wildman–Crippen MR) is 70.4 cm³/mol. The molecule has 0 radical (unpaired) electrons. The molecule has 0 aliphatic carbocycles. The number of aliphatic carboxylic acids is 1. The molecule has 0 bridgehead atoms. The molecule has 0 aromatic heterocycles. The van der Waals surface area contributed by atoms with Crippen LogP contribution in [-0.4, -0.2) is 11.1 Å². The summed E-state index contributed by atoms with van der Waals surface area (Å²) in [4.78, 5) is 10.9. The lowest BCUT2D eigenvalue weighted by Gasteiger charge is -2.22. The van der Waals surface area contributed by atoms with Crippen LogP contribution in [0.25, 0.3) is 0 Å². The van der Waals surface area contributed by atoms with Gasteiger partial charge in [-0.1, -0.05) is 72.6 Å². The molecule has 0 atom stereocenters. The van der Waals surface area contributed by atoms with Crippen LogP contribution in [0.2, 0.25) is 0 Å². The van der Waals surface area contributed by atoms with Crippen LogP contribution >= 0.6 is 47.8 Å². The molecular weight excluding hydrogens is 392 g/mol. The van der Waals surface area contributed by atoms with E-state index in [-0.39, 0.29) is 5.57 Å². The van der Waals surface area contributed by atoms with Gasteiger partial charge in [0.2, 0.25) is 0 Å². The Kier molecular flexibility index (Phi) is 4.14. The maximum Gasteiger partial charge on any atom is 0.333 e. The molecule has 1 N–H and O–H groups in total. The summed E-state index contributed by atoms with van der Waals surface area (Å²) in [6, 6.07) is 7.32. The van der Waals surface area contributed by atoms with E-state index in [1.54, 1.807) is 0 Å². The number of carboxylic acid groups (broad SMARTS) is 1. The first kappa shape index (κ1) is 12.9. The van der Waals surface area contributed by atoms with E-state index in [9.17, 15) is 4.79 Å². The Hall–Kier alpha value is -0.130. The van der Waals surface area contributed by atoms with Crippen molar-refractivity contribution in [2.45, 2.75) is 3.23 Å². The van der Waals surface area contributed by atoms with E-state index < -0.39 is 9.20 Å². The number of rotatable bonds is 3. The molecule has 2 nitrogen and oxygen atoms in total. The van der Waals surface area contributed by atoms with Crippen molar-refractivity contribution in [1.29, 1.82) is 0 Å². The van der Waals surface area contributed by atoms with Crippen molar-refractivity contribution in [1.82, 2.24) is 0 Å². The minimum Gasteiger partial charge on any atom is -0.478 e. The van der Waals surface area contributed by atoms with Crippen molar-refractivity contribution < 1.29 is 9.90 Å². The second kappa shape index (κ2) is 4.80. The summed E-state index contributed by atoms with van der Waals surface area (Å²) in [7, 11) is 0. The van der Waals surface area contributed by atoms with Gasteiger partial charge in [-0.25, -0.2) is 4.79 Å². The van der Waals surface area contributed by atoms with Gasteiger partial charge < -0.3 is 5.11 Å². The molecular formula is C10H7Br3O2. The second-order valence-electron chi connectivity index (χ2n) is 2.84.